The number of carboxylic acids is 1. The van der Waals surface area contributed by atoms with Gasteiger partial charge >= 0.3 is 5.97 Å². The summed E-state index contributed by atoms with van der Waals surface area (Å²) in [6, 6.07) is 6.42. The molecule has 0 saturated carbocycles. The van der Waals surface area contributed by atoms with Crippen LogP contribution in [0, 0.1) is 18.2 Å². The maximum absolute atomic E-state index is 13.5. The summed E-state index contributed by atoms with van der Waals surface area (Å²) in [4.78, 5) is 17.8. The van der Waals surface area contributed by atoms with Gasteiger partial charge in [-0.2, -0.15) is 0 Å². The molecule has 1 aliphatic rings. The van der Waals surface area contributed by atoms with Gasteiger partial charge in [0.1, 0.15) is 5.82 Å². The summed E-state index contributed by atoms with van der Waals surface area (Å²) in [7, 11) is 0. The monoisotopic (exact) mass is 288 g/mol. The summed E-state index contributed by atoms with van der Waals surface area (Å²) in [5.74, 6) is -1.10. The highest BCUT2D eigenvalue weighted by Crippen LogP contribution is 2.36. The molecule has 0 amide bonds. The second-order valence-corrected chi connectivity index (χ2v) is 5.98. The Morgan fingerprint density at radius 3 is 2.86 bits per heavy atom. The number of hydrogen-bond acceptors (Lipinski definition) is 3. The number of hydrogen-bond donors (Lipinski definition) is 1. The summed E-state index contributed by atoms with van der Waals surface area (Å²) >= 11 is 0. The molecule has 4 nitrogen and oxygen atoms in total. The number of anilines is 1. The van der Waals surface area contributed by atoms with E-state index in [1.54, 1.807) is 13.0 Å². The van der Waals surface area contributed by atoms with Crippen LogP contribution in [0.3, 0.4) is 0 Å². The number of pyridine rings is 1. The average Bonchev–Trinajstić information content (AvgIpc) is 2.82. The first-order valence-electron chi connectivity index (χ1n) is 6.94. The fourth-order valence-electron chi connectivity index (χ4n) is 2.91. The van der Waals surface area contributed by atoms with Gasteiger partial charge in [0, 0.05) is 29.9 Å². The Hall–Kier alpha value is -2.17. The minimum absolute atomic E-state index is 0.311. The maximum Gasteiger partial charge on any atom is 0.311 e. The molecule has 5 heteroatoms. The van der Waals surface area contributed by atoms with Crippen molar-refractivity contribution in [3.8, 4) is 0 Å². The number of rotatable bonds is 2. The second kappa shape index (κ2) is 4.69. The zero-order valence-corrected chi connectivity index (χ0v) is 12.1. The molecule has 1 aromatic heterocycles. The Morgan fingerprint density at radius 2 is 2.19 bits per heavy atom. The predicted octanol–water partition coefficient (Wildman–Crippen LogP) is 2.98. The summed E-state index contributed by atoms with van der Waals surface area (Å²) in [5, 5.41) is 10.1. The fourth-order valence-corrected chi connectivity index (χ4v) is 2.91. The Bertz CT molecular complexity index is 732. The SMILES string of the molecule is Cc1cc(N2CCC(C)(C(=O)O)C2)c2cc(F)ccc2n1. The Kier molecular flexibility index (Phi) is 3.08. The van der Waals surface area contributed by atoms with Crippen molar-refractivity contribution in [2.75, 3.05) is 18.0 Å². The van der Waals surface area contributed by atoms with E-state index in [1.165, 1.54) is 12.1 Å². The van der Waals surface area contributed by atoms with E-state index in [4.69, 9.17) is 0 Å². The molecule has 1 aromatic carbocycles. The molecule has 1 aliphatic heterocycles. The van der Waals surface area contributed by atoms with Crippen LogP contribution in [0.4, 0.5) is 10.1 Å². The van der Waals surface area contributed by atoms with Gasteiger partial charge in [-0.3, -0.25) is 9.78 Å². The molecule has 2 heterocycles. The lowest BCUT2D eigenvalue weighted by molar-refractivity contribution is -0.146. The van der Waals surface area contributed by atoms with E-state index >= 15 is 0 Å². The van der Waals surface area contributed by atoms with Crippen molar-refractivity contribution in [2.24, 2.45) is 5.41 Å². The van der Waals surface area contributed by atoms with Gasteiger partial charge < -0.3 is 10.0 Å². The quantitative estimate of drug-likeness (QED) is 0.923. The molecule has 1 unspecified atom stereocenters. The molecular weight excluding hydrogens is 271 g/mol. The molecule has 1 atom stereocenters. The number of aryl methyl sites for hydroxylation is 1. The maximum atomic E-state index is 13.5. The molecule has 1 saturated heterocycles. The van der Waals surface area contributed by atoms with E-state index in [0.717, 1.165) is 22.3 Å². The highest BCUT2D eigenvalue weighted by molar-refractivity contribution is 5.92. The minimum atomic E-state index is -0.786. The average molecular weight is 288 g/mol. The lowest BCUT2D eigenvalue weighted by atomic mass is 9.90. The predicted molar refractivity (Wildman–Crippen MR) is 79.0 cm³/mol. The highest BCUT2D eigenvalue weighted by Gasteiger charge is 2.40. The Morgan fingerprint density at radius 1 is 1.43 bits per heavy atom. The van der Waals surface area contributed by atoms with Crippen LogP contribution < -0.4 is 4.90 Å². The third-order valence-electron chi connectivity index (χ3n) is 4.21. The third kappa shape index (κ3) is 2.33. The number of benzene rings is 1. The van der Waals surface area contributed by atoms with Crippen molar-refractivity contribution in [2.45, 2.75) is 20.3 Å². The van der Waals surface area contributed by atoms with Gasteiger partial charge in [0.15, 0.2) is 0 Å². The van der Waals surface area contributed by atoms with Crippen molar-refractivity contribution in [3.63, 3.8) is 0 Å². The molecule has 2 aromatic rings. The number of aliphatic carboxylic acids is 1. The molecule has 0 bridgehead atoms. The van der Waals surface area contributed by atoms with Crippen molar-refractivity contribution in [1.82, 2.24) is 4.98 Å². The topological polar surface area (TPSA) is 53.4 Å². The third-order valence-corrected chi connectivity index (χ3v) is 4.21. The standard InChI is InChI=1S/C16H17FN2O2/c1-10-7-14(12-8-11(17)3-4-13(12)18-10)19-6-5-16(2,9-19)15(20)21/h3-4,7-8H,5-6,9H2,1-2H3,(H,20,21). The van der Waals surface area contributed by atoms with Crippen LogP contribution in [-0.4, -0.2) is 29.1 Å². The first-order valence-corrected chi connectivity index (χ1v) is 6.94. The smallest absolute Gasteiger partial charge is 0.311 e. The summed E-state index contributed by atoms with van der Waals surface area (Å²) in [5.41, 5.74) is 1.68. The molecular formula is C16H17FN2O2. The summed E-state index contributed by atoms with van der Waals surface area (Å²) < 4.78 is 13.5. The molecule has 0 radical (unpaired) electrons. The van der Waals surface area contributed by atoms with E-state index in [1.807, 2.05) is 17.9 Å². The first-order chi connectivity index (χ1) is 9.89. The minimum Gasteiger partial charge on any atom is -0.481 e. The molecule has 0 spiro atoms. The van der Waals surface area contributed by atoms with Gasteiger partial charge in [-0.1, -0.05) is 0 Å². The number of carboxylic acid groups (broad SMARTS) is 1. The first kappa shape index (κ1) is 13.8. The van der Waals surface area contributed by atoms with Crippen molar-refractivity contribution in [3.05, 3.63) is 35.8 Å². The fraction of sp³-hybridized carbons (Fsp3) is 0.375. The van der Waals surface area contributed by atoms with E-state index < -0.39 is 11.4 Å². The van der Waals surface area contributed by atoms with Gasteiger partial charge in [0.25, 0.3) is 0 Å². The Balaban J connectivity index is 2.09. The molecule has 1 N–H and O–H groups in total. The van der Waals surface area contributed by atoms with Crippen LogP contribution in [0.1, 0.15) is 19.0 Å². The van der Waals surface area contributed by atoms with Gasteiger partial charge in [0.05, 0.1) is 10.9 Å². The highest BCUT2D eigenvalue weighted by atomic mass is 19.1. The molecule has 3 rings (SSSR count). The lowest BCUT2D eigenvalue weighted by Crippen LogP contribution is -2.31. The Labute approximate surface area is 122 Å². The van der Waals surface area contributed by atoms with Gasteiger partial charge in [-0.15, -0.1) is 0 Å². The summed E-state index contributed by atoms with van der Waals surface area (Å²) in [6.07, 6.45) is 0.584. The second-order valence-electron chi connectivity index (χ2n) is 5.98. The van der Waals surface area contributed by atoms with E-state index in [9.17, 15) is 14.3 Å². The van der Waals surface area contributed by atoms with Gasteiger partial charge in [-0.05, 0) is 44.5 Å². The van der Waals surface area contributed by atoms with E-state index in [0.29, 0.717) is 19.5 Å². The van der Waals surface area contributed by atoms with E-state index in [2.05, 4.69) is 4.98 Å². The molecule has 1 fully saturated rings. The number of carbonyl (C=O) groups is 1. The largest absolute Gasteiger partial charge is 0.481 e. The van der Waals surface area contributed by atoms with Gasteiger partial charge in [0.2, 0.25) is 0 Å². The van der Waals surface area contributed by atoms with E-state index in [-0.39, 0.29) is 5.82 Å². The molecule has 21 heavy (non-hydrogen) atoms. The van der Waals surface area contributed by atoms with Crippen molar-refractivity contribution >= 4 is 22.6 Å². The van der Waals surface area contributed by atoms with Crippen LogP contribution in [0.15, 0.2) is 24.3 Å². The van der Waals surface area contributed by atoms with Crippen LogP contribution in [0.2, 0.25) is 0 Å². The van der Waals surface area contributed by atoms with Gasteiger partial charge in [-0.25, -0.2) is 4.39 Å². The summed E-state index contributed by atoms with van der Waals surface area (Å²) in [6.45, 7) is 4.72. The molecule has 110 valence electrons. The van der Waals surface area contributed by atoms with Crippen LogP contribution >= 0.6 is 0 Å². The van der Waals surface area contributed by atoms with Crippen molar-refractivity contribution < 1.29 is 14.3 Å². The van der Waals surface area contributed by atoms with Crippen molar-refractivity contribution in [1.29, 1.82) is 0 Å². The number of fused-ring (bicyclic) bond motifs is 1. The zero-order chi connectivity index (χ0) is 15.2. The normalized spacial score (nSPS) is 22.0. The number of halogens is 1. The number of aromatic nitrogens is 1. The van der Waals surface area contributed by atoms with Crippen LogP contribution in [0.5, 0.6) is 0 Å². The lowest BCUT2D eigenvalue weighted by Gasteiger charge is -2.23. The van der Waals surface area contributed by atoms with Crippen LogP contribution in [0.25, 0.3) is 10.9 Å². The van der Waals surface area contributed by atoms with Crippen LogP contribution in [-0.2, 0) is 4.79 Å². The zero-order valence-electron chi connectivity index (χ0n) is 12.1. The number of nitrogens with zero attached hydrogens (tertiary/aromatic N) is 2. The molecule has 0 aliphatic carbocycles.